The molecule has 15 heavy (non-hydrogen) atoms. The largest absolute Gasteiger partial charge is 0.493 e. The molecule has 0 aliphatic carbocycles. The molecule has 1 rings (SSSR count). The number of nitrogens with zero attached hydrogens (tertiary/aromatic N) is 1. The number of halogens is 1. The lowest BCUT2D eigenvalue weighted by molar-refractivity contribution is -0.142. The molecule has 5 nitrogen and oxygen atoms in total. The number of carbonyl (C=O) groups excluding carboxylic acids is 1. The summed E-state index contributed by atoms with van der Waals surface area (Å²) in [5.41, 5.74) is -0.117. The van der Waals surface area contributed by atoms with Crippen LogP contribution in [0.1, 0.15) is 12.6 Å². The zero-order valence-corrected chi connectivity index (χ0v) is 7.98. The third-order valence-corrected chi connectivity index (χ3v) is 1.64. The average Bonchev–Trinajstić information content (AvgIpc) is 2.14. The van der Waals surface area contributed by atoms with Gasteiger partial charge < -0.3 is 14.8 Å². The monoisotopic (exact) mass is 213 g/mol. The first-order chi connectivity index (χ1) is 7.00. The van der Waals surface area contributed by atoms with E-state index in [-0.39, 0.29) is 17.8 Å². The molecule has 1 heterocycles. The van der Waals surface area contributed by atoms with Crippen LogP contribution in [-0.2, 0) is 16.1 Å². The van der Waals surface area contributed by atoms with Gasteiger partial charge in [0.2, 0.25) is 5.95 Å². The lowest BCUT2D eigenvalue weighted by Gasteiger charge is -2.04. The van der Waals surface area contributed by atoms with E-state index >= 15 is 0 Å². The van der Waals surface area contributed by atoms with Gasteiger partial charge in [-0.05, 0) is 6.07 Å². The number of rotatable bonds is 3. The van der Waals surface area contributed by atoms with Crippen molar-refractivity contribution in [1.29, 1.82) is 0 Å². The van der Waals surface area contributed by atoms with Crippen molar-refractivity contribution in [2.45, 2.75) is 13.5 Å². The summed E-state index contributed by atoms with van der Waals surface area (Å²) in [4.78, 5) is 13.9. The molecular formula is C8H9BFNO4. The summed E-state index contributed by atoms with van der Waals surface area (Å²) in [5.74, 6) is -1.49. The molecule has 0 aliphatic rings. The van der Waals surface area contributed by atoms with Crippen molar-refractivity contribution in [2.24, 2.45) is 0 Å². The van der Waals surface area contributed by atoms with Crippen molar-refractivity contribution in [3.8, 4) is 0 Å². The summed E-state index contributed by atoms with van der Waals surface area (Å²) < 4.78 is 17.6. The lowest BCUT2D eigenvalue weighted by Crippen LogP contribution is -2.33. The lowest BCUT2D eigenvalue weighted by atomic mass is 9.81. The Morgan fingerprint density at radius 1 is 1.60 bits per heavy atom. The molecule has 0 fully saturated rings. The first kappa shape index (κ1) is 11.6. The Morgan fingerprint density at radius 3 is 2.73 bits per heavy atom. The van der Waals surface area contributed by atoms with Gasteiger partial charge in [-0.1, -0.05) is 6.07 Å². The standard InChI is InChI=1S/C8H9BFNO4/c1-5(12)15-4-6-2-3-7(9(13)14)8(10)11-6/h2-3,13-14H,4H2,1H3. The maximum absolute atomic E-state index is 13.1. The Bertz CT molecular complexity index is 372. The topological polar surface area (TPSA) is 79.7 Å². The van der Waals surface area contributed by atoms with Gasteiger partial charge in [-0.3, -0.25) is 4.79 Å². The maximum Gasteiger partial charge on any atom is 0.493 e. The Hall–Kier alpha value is -1.47. The van der Waals surface area contributed by atoms with Crippen LogP contribution in [0.25, 0.3) is 0 Å². The van der Waals surface area contributed by atoms with Crippen molar-refractivity contribution in [2.75, 3.05) is 0 Å². The molecule has 0 radical (unpaired) electrons. The molecule has 7 heteroatoms. The molecule has 80 valence electrons. The van der Waals surface area contributed by atoms with E-state index < -0.39 is 19.0 Å². The van der Waals surface area contributed by atoms with Crippen LogP contribution < -0.4 is 5.46 Å². The molecule has 0 spiro atoms. The van der Waals surface area contributed by atoms with Gasteiger partial charge in [-0.15, -0.1) is 0 Å². The van der Waals surface area contributed by atoms with Crippen LogP contribution in [0.5, 0.6) is 0 Å². The van der Waals surface area contributed by atoms with Crippen LogP contribution in [0.3, 0.4) is 0 Å². The van der Waals surface area contributed by atoms with Crippen LogP contribution in [0.15, 0.2) is 12.1 Å². The van der Waals surface area contributed by atoms with Gasteiger partial charge in [0.1, 0.15) is 6.61 Å². The van der Waals surface area contributed by atoms with Crippen LogP contribution in [0.2, 0.25) is 0 Å². The summed E-state index contributed by atoms with van der Waals surface area (Å²) >= 11 is 0. The number of ether oxygens (including phenoxy) is 1. The van der Waals surface area contributed by atoms with Crippen LogP contribution >= 0.6 is 0 Å². The average molecular weight is 213 g/mol. The second-order valence-corrected chi connectivity index (χ2v) is 2.84. The summed E-state index contributed by atoms with van der Waals surface area (Å²) in [6, 6.07) is 2.52. The molecule has 0 atom stereocenters. The van der Waals surface area contributed by atoms with E-state index in [1.165, 1.54) is 19.1 Å². The predicted molar refractivity (Wildman–Crippen MR) is 49.5 cm³/mol. The van der Waals surface area contributed by atoms with E-state index in [2.05, 4.69) is 9.72 Å². The summed E-state index contributed by atoms with van der Waals surface area (Å²) in [6.07, 6.45) is 0. The van der Waals surface area contributed by atoms with E-state index in [1.54, 1.807) is 0 Å². The number of aromatic nitrogens is 1. The second kappa shape index (κ2) is 4.85. The second-order valence-electron chi connectivity index (χ2n) is 2.84. The fourth-order valence-electron chi connectivity index (χ4n) is 0.931. The van der Waals surface area contributed by atoms with Gasteiger partial charge in [0.05, 0.1) is 5.69 Å². The van der Waals surface area contributed by atoms with E-state index in [9.17, 15) is 9.18 Å². The Labute approximate surface area is 85.7 Å². The third kappa shape index (κ3) is 3.30. The molecule has 0 aliphatic heterocycles. The molecule has 0 aromatic carbocycles. The van der Waals surface area contributed by atoms with E-state index in [1.807, 2.05) is 0 Å². The van der Waals surface area contributed by atoms with Gasteiger partial charge in [-0.2, -0.15) is 4.39 Å². The SMILES string of the molecule is CC(=O)OCc1ccc(B(O)O)c(F)n1. The van der Waals surface area contributed by atoms with Crippen LogP contribution in [0.4, 0.5) is 4.39 Å². The van der Waals surface area contributed by atoms with Crippen molar-refractivity contribution in [3.05, 3.63) is 23.8 Å². The van der Waals surface area contributed by atoms with Gasteiger partial charge in [0, 0.05) is 12.4 Å². The molecule has 1 aromatic heterocycles. The van der Waals surface area contributed by atoms with E-state index in [0.717, 1.165) is 0 Å². The van der Waals surface area contributed by atoms with Crippen molar-refractivity contribution >= 4 is 18.6 Å². The number of hydrogen-bond donors (Lipinski definition) is 2. The minimum Gasteiger partial charge on any atom is -0.459 e. The highest BCUT2D eigenvalue weighted by atomic mass is 19.1. The van der Waals surface area contributed by atoms with Crippen LogP contribution in [-0.4, -0.2) is 28.1 Å². The first-order valence-electron chi connectivity index (χ1n) is 4.15. The summed E-state index contributed by atoms with van der Waals surface area (Å²) in [5, 5.41) is 17.4. The number of pyridine rings is 1. The van der Waals surface area contributed by atoms with E-state index in [4.69, 9.17) is 10.0 Å². The molecule has 1 aromatic rings. The van der Waals surface area contributed by atoms with Crippen molar-refractivity contribution in [1.82, 2.24) is 4.98 Å². The smallest absolute Gasteiger partial charge is 0.459 e. The number of carbonyl (C=O) groups is 1. The Morgan fingerprint density at radius 2 is 2.27 bits per heavy atom. The fourth-order valence-corrected chi connectivity index (χ4v) is 0.931. The minimum atomic E-state index is -1.90. The van der Waals surface area contributed by atoms with Gasteiger partial charge >= 0.3 is 13.1 Å². The van der Waals surface area contributed by atoms with Gasteiger partial charge in [0.15, 0.2) is 0 Å². The third-order valence-electron chi connectivity index (χ3n) is 1.64. The molecule has 2 N–H and O–H groups in total. The predicted octanol–water partition coefficient (Wildman–Crippen LogP) is -1.04. The Kier molecular flexibility index (Phi) is 3.76. The zero-order chi connectivity index (χ0) is 11.4. The van der Waals surface area contributed by atoms with Crippen molar-refractivity contribution < 1.29 is 24.0 Å². The molecule has 0 amide bonds. The summed E-state index contributed by atoms with van der Waals surface area (Å²) in [7, 11) is -1.90. The fraction of sp³-hybridized carbons (Fsp3) is 0.250. The quantitative estimate of drug-likeness (QED) is 0.381. The first-order valence-corrected chi connectivity index (χ1v) is 4.15. The zero-order valence-electron chi connectivity index (χ0n) is 7.98. The van der Waals surface area contributed by atoms with Crippen LogP contribution in [0, 0.1) is 5.95 Å². The van der Waals surface area contributed by atoms with E-state index in [0.29, 0.717) is 0 Å². The maximum atomic E-state index is 13.1. The highest BCUT2D eigenvalue weighted by molar-refractivity contribution is 6.58. The van der Waals surface area contributed by atoms with Gasteiger partial charge in [-0.25, -0.2) is 4.98 Å². The molecule has 0 bridgehead atoms. The molecular weight excluding hydrogens is 204 g/mol. The highest BCUT2D eigenvalue weighted by Gasteiger charge is 2.17. The summed E-state index contributed by atoms with van der Waals surface area (Å²) in [6.45, 7) is 1.08. The molecule has 0 saturated carbocycles. The number of hydrogen-bond acceptors (Lipinski definition) is 5. The molecule has 0 unspecified atom stereocenters. The molecule has 0 saturated heterocycles. The van der Waals surface area contributed by atoms with Crippen molar-refractivity contribution in [3.63, 3.8) is 0 Å². The number of esters is 1. The van der Waals surface area contributed by atoms with Gasteiger partial charge in [0.25, 0.3) is 0 Å². The minimum absolute atomic E-state index is 0.145. The Balaban J connectivity index is 2.77. The highest BCUT2D eigenvalue weighted by Crippen LogP contribution is 1.99. The normalized spacial score (nSPS) is 9.87.